The van der Waals surface area contributed by atoms with Crippen molar-refractivity contribution in [3.63, 3.8) is 0 Å². The summed E-state index contributed by atoms with van der Waals surface area (Å²) >= 11 is 6.18. The number of pyridine rings is 1. The highest BCUT2D eigenvalue weighted by molar-refractivity contribution is 6.30. The summed E-state index contributed by atoms with van der Waals surface area (Å²) in [5.74, 6) is -0.413. The van der Waals surface area contributed by atoms with Crippen LogP contribution in [0, 0.1) is 5.82 Å². The monoisotopic (exact) mass is 566 g/mol. The second-order valence-electron chi connectivity index (χ2n) is 11.2. The molecule has 0 N–H and O–H groups in total. The third-order valence-electron chi connectivity index (χ3n) is 7.11. The fraction of sp³-hybridized carbons (Fsp3) is 0.414. The summed E-state index contributed by atoms with van der Waals surface area (Å²) in [4.78, 5) is 43.6. The minimum absolute atomic E-state index is 0.221. The first-order valence-corrected chi connectivity index (χ1v) is 13.6. The van der Waals surface area contributed by atoms with Crippen molar-refractivity contribution in [1.82, 2.24) is 19.4 Å². The van der Waals surface area contributed by atoms with E-state index in [1.165, 1.54) is 10.6 Å². The van der Waals surface area contributed by atoms with E-state index < -0.39 is 35.3 Å². The summed E-state index contributed by atoms with van der Waals surface area (Å²) < 4.78 is 21.9. The summed E-state index contributed by atoms with van der Waals surface area (Å²) in [6.45, 7) is 10.4. The fourth-order valence-corrected chi connectivity index (χ4v) is 5.42. The molecule has 0 aliphatic carbocycles. The van der Waals surface area contributed by atoms with Gasteiger partial charge in [0.2, 0.25) is 0 Å². The van der Waals surface area contributed by atoms with Crippen LogP contribution in [0.1, 0.15) is 52.3 Å². The number of halogens is 2. The third kappa shape index (κ3) is 5.32. The van der Waals surface area contributed by atoms with E-state index in [2.05, 4.69) is 15.0 Å². The Morgan fingerprint density at radius 3 is 2.55 bits per heavy atom. The van der Waals surface area contributed by atoms with Crippen LogP contribution in [0.2, 0.25) is 5.15 Å². The number of aromatic nitrogens is 3. The molecule has 0 saturated carbocycles. The highest BCUT2D eigenvalue weighted by Crippen LogP contribution is 2.39. The quantitative estimate of drug-likeness (QED) is 0.397. The van der Waals surface area contributed by atoms with E-state index in [1.54, 1.807) is 11.1 Å². The zero-order valence-corrected chi connectivity index (χ0v) is 23.9. The fourth-order valence-electron chi connectivity index (χ4n) is 5.28. The summed E-state index contributed by atoms with van der Waals surface area (Å²) in [5, 5.41) is 0.0195. The van der Waals surface area contributed by atoms with Crippen molar-refractivity contribution >= 4 is 40.8 Å². The Labute approximate surface area is 236 Å². The number of aliphatic imine (C=N–C) groups is 1. The zero-order valence-electron chi connectivity index (χ0n) is 23.1. The summed E-state index contributed by atoms with van der Waals surface area (Å²) in [5.41, 5.74) is 0.855. The van der Waals surface area contributed by atoms with E-state index in [0.717, 1.165) is 11.1 Å². The number of nitrogens with zero attached hydrogens (tertiary/aromatic N) is 6. The predicted molar refractivity (Wildman–Crippen MR) is 154 cm³/mol. The van der Waals surface area contributed by atoms with Crippen LogP contribution in [0.3, 0.4) is 0 Å². The lowest BCUT2D eigenvalue weighted by Crippen LogP contribution is -2.55. The molecule has 0 radical (unpaired) electrons. The van der Waals surface area contributed by atoms with Gasteiger partial charge in [0.1, 0.15) is 17.1 Å². The van der Waals surface area contributed by atoms with Gasteiger partial charge in [0.05, 0.1) is 17.5 Å². The van der Waals surface area contributed by atoms with Gasteiger partial charge in [-0.1, -0.05) is 41.9 Å². The van der Waals surface area contributed by atoms with E-state index in [4.69, 9.17) is 16.3 Å². The molecule has 210 valence electrons. The number of hydrogen-bond donors (Lipinski definition) is 0. The van der Waals surface area contributed by atoms with Gasteiger partial charge in [-0.3, -0.25) is 9.56 Å². The number of hydrogen-bond acceptors (Lipinski definition) is 7. The molecule has 3 aromatic rings. The number of amides is 1. The second kappa shape index (κ2) is 10.6. The maximum atomic E-state index is 14.9. The summed E-state index contributed by atoms with van der Waals surface area (Å²) in [6, 6.07) is 9.74. The lowest BCUT2D eigenvalue weighted by Gasteiger charge is -2.41. The van der Waals surface area contributed by atoms with Crippen LogP contribution in [0.5, 0.6) is 0 Å². The van der Waals surface area contributed by atoms with Crippen LogP contribution in [0.25, 0.3) is 11.0 Å². The number of allylic oxidation sites excluding steroid dienone is 1. The molecule has 1 amide bonds. The standard InChI is InChI=1S/C29H32ClFN6O3/c1-17-11-12-32-22(19-9-7-6-8-10-19)23(17)37-26-20(15-21(31)24(30)33-26)25(34-27(37)38)36-14-13-35(16-18(36)2)28(39)40-29(3,4)5/h6-12,15,18,22-23H,13-14,16H2,1-5H3/t18-,22?,23?/m0/s1. The lowest BCUT2D eigenvalue weighted by molar-refractivity contribution is 0.0218. The Kier molecular flexibility index (Phi) is 7.39. The van der Waals surface area contributed by atoms with Crippen molar-refractivity contribution in [2.24, 2.45) is 4.99 Å². The molecule has 9 nitrogen and oxygen atoms in total. The van der Waals surface area contributed by atoms with Gasteiger partial charge in [-0.25, -0.2) is 19.0 Å². The average molecular weight is 567 g/mol. The first-order chi connectivity index (χ1) is 18.9. The first-order valence-electron chi connectivity index (χ1n) is 13.2. The van der Waals surface area contributed by atoms with Crippen molar-refractivity contribution in [3.8, 4) is 0 Å². The second-order valence-corrected chi connectivity index (χ2v) is 11.6. The van der Waals surface area contributed by atoms with E-state index in [1.807, 2.05) is 75.9 Å². The number of carbonyl (C=O) groups is 1. The first kappa shape index (κ1) is 27.8. The van der Waals surface area contributed by atoms with Gasteiger partial charge >= 0.3 is 11.8 Å². The van der Waals surface area contributed by atoms with Crippen molar-refractivity contribution in [1.29, 1.82) is 0 Å². The topological polar surface area (TPSA) is 92.9 Å². The van der Waals surface area contributed by atoms with Crippen LogP contribution in [0.4, 0.5) is 15.0 Å². The van der Waals surface area contributed by atoms with Crippen molar-refractivity contribution in [2.45, 2.75) is 58.3 Å². The molecule has 2 aliphatic heterocycles. The number of anilines is 1. The minimum Gasteiger partial charge on any atom is -0.444 e. The van der Waals surface area contributed by atoms with Gasteiger partial charge in [0.15, 0.2) is 11.0 Å². The summed E-state index contributed by atoms with van der Waals surface area (Å²) in [6.07, 6.45) is 3.17. The number of benzene rings is 1. The van der Waals surface area contributed by atoms with Crippen LogP contribution < -0.4 is 10.6 Å². The van der Waals surface area contributed by atoms with E-state index in [0.29, 0.717) is 30.8 Å². The minimum atomic E-state index is -0.712. The molecule has 2 aliphatic rings. The Morgan fingerprint density at radius 1 is 1.15 bits per heavy atom. The van der Waals surface area contributed by atoms with Crippen LogP contribution in [-0.4, -0.2) is 63.0 Å². The van der Waals surface area contributed by atoms with E-state index in [9.17, 15) is 14.0 Å². The third-order valence-corrected chi connectivity index (χ3v) is 7.38. The maximum absolute atomic E-state index is 14.9. The lowest BCUT2D eigenvalue weighted by atomic mass is 9.92. The smallest absolute Gasteiger partial charge is 0.410 e. The number of ether oxygens (including phenoxy) is 1. The van der Waals surface area contributed by atoms with Gasteiger partial charge in [0.25, 0.3) is 0 Å². The number of carbonyl (C=O) groups excluding carboxylic acids is 1. The van der Waals surface area contributed by atoms with E-state index >= 15 is 0 Å². The molecule has 1 fully saturated rings. The van der Waals surface area contributed by atoms with Gasteiger partial charge in [0, 0.05) is 31.9 Å². The van der Waals surface area contributed by atoms with Gasteiger partial charge in [-0.15, -0.1) is 0 Å². The predicted octanol–water partition coefficient (Wildman–Crippen LogP) is 5.34. The number of fused-ring (bicyclic) bond motifs is 1. The molecule has 2 aromatic heterocycles. The molecule has 2 unspecified atom stereocenters. The highest BCUT2D eigenvalue weighted by Gasteiger charge is 2.35. The molecule has 4 heterocycles. The Morgan fingerprint density at radius 2 is 1.88 bits per heavy atom. The molecule has 1 aromatic carbocycles. The molecular weight excluding hydrogens is 535 g/mol. The van der Waals surface area contributed by atoms with Crippen LogP contribution in [-0.2, 0) is 4.74 Å². The Hall–Kier alpha value is -3.79. The maximum Gasteiger partial charge on any atom is 0.410 e. The molecular formula is C29H32ClFN6O3. The number of piperazine rings is 1. The van der Waals surface area contributed by atoms with Crippen molar-refractivity contribution in [3.05, 3.63) is 75.1 Å². The Balaban J connectivity index is 1.59. The normalized spacial score (nSPS) is 21.5. The van der Waals surface area contributed by atoms with Crippen LogP contribution >= 0.6 is 11.6 Å². The molecule has 1 saturated heterocycles. The average Bonchev–Trinajstić information content (AvgIpc) is 2.89. The van der Waals surface area contributed by atoms with Crippen molar-refractivity contribution in [2.75, 3.05) is 24.5 Å². The molecule has 11 heteroatoms. The zero-order chi connectivity index (χ0) is 28.8. The SMILES string of the molecule is CC1=CC=NC(c2ccccc2)C1n1c(=O)nc(N2CCN(C(=O)OC(C)(C)C)C[C@@H]2C)c2cc(F)c(Cl)nc21. The molecule has 3 atom stereocenters. The molecule has 40 heavy (non-hydrogen) atoms. The van der Waals surface area contributed by atoms with Gasteiger partial charge in [-0.2, -0.15) is 4.98 Å². The highest BCUT2D eigenvalue weighted by atomic mass is 35.5. The molecule has 5 rings (SSSR count). The summed E-state index contributed by atoms with van der Waals surface area (Å²) in [7, 11) is 0. The number of rotatable bonds is 3. The van der Waals surface area contributed by atoms with Crippen LogP contribution in [0.15, 0.2) is 57.8 Å². The number of dihydropyridines is 1. The Bertz CT molecular complexity index is 1570. The van der Waals surface area contributed by atoms with Crippen molar-refractivity contribution < 1.29 is 13.9 Å². The molecule has 0 spiro atoms. The van der Waals surface area contributed by atoms with Gasteiger partial charge < -0.3 is 14.5 Å². The van der Waals surface area contributed by atoms with E-state index in [-0.39, 0.29) is 16.8 Å². The largest absolute Gasteiger partial charge is 0.444 e. The molecule has 0 bridgehead atoms. The van der Waals surface area contributed by atoms with Gasteiger partial charge in [-0.05, 0) is 57.9 Å².